The smallest absolute Gasteiger partial charge is 0.243 e. The van der Waals surface area contributed by atoms with Crippen LogP contribution in [0.1, 0.15) is 26.7 Å². The first-order chi connectivity index (χ1) is 8.82. The van der Waals surface area contributed by atoms with Gasteiger partial charge in [0, 0.05) is 16.6 Å². The molecule has 20 heavy (non-hydrogen) atoms. The highest BCUT2D eigenvalue weighted by molar-refractivity contribution is 9.10. The van der Waals surface area contributed by atoms with Crippen LogP contribution in [0.4, 0.5) is 0 Å². The van der Waals surface area contributed by atoms with Gasteiger partial charge in [-0.2, -0.15) is 0 Å². The molecule has 116 valence electrons. The molecule has 1 aromatic carbocycles. The van der Waals surface area contributed by atoms with Crippen LogP contribution in [0.15, 0.2) is 27.6 Å². The molecule has 0 atom stereocenters. The molecule has 1 rings (SSSR count). The summed E-state index contributed by atoms with van der Waals surface area (Å²) in [5.41, 5.74) is 5.08. The van der Waals surface area contributed by atoms with Crippen molar-refractivity contribution < 1.29 is 8.42 Å². The minimum atomic E-state index is -3.72. The maximum absolute atomic E-state index is 12.5. The molecule has 0 amide bonds. The van der Waals surface area contributed by atoms with Crippen molar-refractivity contribution in [2.24, 2.45) is 5.73 Å². The second-order valence-corrected chi connectivity index (χ2v) is 7.23. The Labute approximate surface area is 140 Å². The van der Waals surface area contributed by atoms with Crippen LogP contribution in [0.25, 0.3) is 0 Å². The summed E-state index contributed by atoms with van der Waals surface area (Å²) in [4.78, 5) is 0.0522. The zero-order valence-corrected chi connectivity index (χ0v) is 15.3. The Kier molecular flexibility index (Phi) is 8.02. The summed E-state index contributed by atoms with van der Waals surface area (Å²) in [6, 6.07) is 4.87. The van der Waals surface area contributed by atoms with Crippen LogP contribution < -0.4 is 10.5 Å². The summed E-state index contributed by atoms with van der Waals surface area (Å²) in [5, 5.41) is 0.181. The predicted molar refractivity (Wildman–Crippen MR) is 89.1 cm³/mol. The Hall–Kier alpha value is 0.150. The number of nitrogens with one attached hydrogen (secondary N) is 1. The largest absolute Gasteiger partial charge is 0.329 e. The molecule has 0 heterocycles. The first-order valence-electron chi connectivity index (χ1n) is 6.00. The van der Waals surface area contributed by atoms with Gasteiger partial charge in [0.25, 0.3) is 0 Å². The normalized spacial score (nSPS) is 12.1. The first kappa shape index (κ1) is 20.1. The lowest BCUT2D eigenvalue weighted by atomic mass is 9.95. The molecule has 0 bridgehead atoms. The lowest BCUT2D eigenvalue weighted by Gasteiger charge is -2.31. The van der Waals surface area contributed by atoms with Gasteiger partial charge in [0.1, 0.15) is 4.90 Å². The minimum absolute atomic E-state index is 0. The van der Waals surface area contributed by atoms with Crippen molar-refractivity contribution in [2.75, 3.05) is 6.54 Å². The summed E-state index contributed by atoms with van der Waals surface area (Å²) < 4.78 is 28.1. The molecule has 0 aliphatic heterocycles. The predicted octanol–water partition coefficient (Wildman–Crippen LogP) is 3.32. The van der Waals surface area contributed by atoms with Gasteiger partial charge >= 0.3 is 0 Å². The third-order valence-corrected chi connectivity index (χ3v) is 6.31. The first-order valence-corrected chi connectivity index (χ1v) is 8.65. The molecule has 0 aromatic heterocycles. The summed E-state index contributed by atoms with van der Waals surface area (Å²) in [6.45, 7) is 4.04. The van der Waals surface area contributed by atoms with Gasteiger partial charge < -0.3 is 5.73 Å². The zero-order valence-electron chi connectivity index (χ0n) is 11.3. The second-order valence-electron chi connectivity index (χ2n) is 4.35. The molecule has 8 heteroatoms. The Morgan fingerprint density at radius 2 is 1.90 bits per heavy atom. The van der Waals surface area contributed by atoms with Crippen LogP contribution >= 0.6 is 39.9 Å². The number of halogens is 3. The Bertz CT molecular complexity index is 520. The average Bonchev–Trinajstić information content (AvgIpc) is 2.35. The molecule has 0 radical (unpaired) electrons. The van der Waals surface area contributed by atoms with Crippen LogP contribution in [0.2, 0.25) is 5.02 Å². The summed E-state index contributed by atoms with van der Waals surface area (Å²) >= 11 is 9.21. The van der Waals surface area contributed by atoms with E-state index in [-0.39, 0.29) is 28.9 Å². The molecule has 0 saturated carbocycles. The molecule has 0 aliphatic rings. The van der Waals surface area contributed by atoms with Crippen molar-refractivity contribution >= 4 is 50.0 Å². The van der Waals surface area contributed by atoms with E-state index < -0.39 is 15.6 Å². The van der Waals surface area contributed by atoms with Gasteiger partial charge in [-0.3, -0.25) is 0 Å². The molecule has 0 aliphatic carbocycles. The van der Waals surface area contributed by atoms with Crippen LogP contribution in [0, 0.1) is 0 Å². The molecule has 1 aromatic rings. The summed E-state index contributed by atoms with van der Waals surface area (Å²) in [7, 11) is -3.72. The van der Waals surface area contributed by atoms with Crippen LogP contribution in [0.3, 0.4) is 0 Å². The van der Waals surface area contributed by atoms with Crippen molar-refractivity contribution in [1.82, 2.24) is 4.72 Å². The Morgan fingerprint density at radius 1 is 1.35 bits per heavy atom. The van der Waals surface area contributed by atoms with E-state index in [9.17, 15) is 8.42 Å². The third-order valence-electron chi connectivity index (χ3n) is 3.28. The molecule has 0 spiro atoms. The van der Waals surface area contributed by atoms with Gasteiger partial charge in [0.2, 0.25) is 10.0 Å². The topological polar surface area (TPSA) is 72.2 Å². The standard InChI is InChI=1S/C12H18BrClN2O2S.ClH/c1-3-12(4-2,8-15)16-19(17,18)11-9(13)6-5-7-10(11)14;/h5-7,16H,3-4,8,15H2,1-2H3;1H. The van der Waals surface area contributed by atoms with E-state index in [0.29, 0.717) is 17.3 Å². The van der Waals surface area contributed by atoms with Crippen molar-refractivity contribution in [1.29, 1.82) is 0 Å². The van der Waals surface area contributed by atoms with Crippen LogP contribution in [-0.2, 0) is 10.0 Å². The maximum Gasteiger partial charge on any atom is 0.243 e. The minimum Gasteiger partial charge on any atom is -0.329 e. The summed E-state index contributed by atoms with van der Waals surface area (Å²) in [6.07, 6.45) is 1.22. The fourth-order valence-corrected chi connectivity index (χ4v) is 5.09. The molecule has 4 nitrogen and oxygen atoms in total. The van der Waals surface area contributed by atoms with E-state index in [1.165, 1.54) is 0 Å². The highest BCUT2D eigenvalue weighted by atomic mass is 79.9. The fourth-order valence-electron chi connectivity index (χ4n) is 1.80. The van der Waals surface area contributed by atoms with Crippen molar-refractivity contribution in [3.63, 3.8) is 0 Å². The fraction of sp³-hybridized carbons (Fsp3) is 0.500. The van der Waals surface area contributed by atoms with E-state index in [4.69, 9.17) is 17.3 Å². The van der Waals surface area contributed by atoms with E-state index in [0.717, 1.165) is 0 Å². The van der Waals surface area contributed by atoms with Gasteiger partial charge in [0.15, 0.2) is 0 Å². The summed E-state index contributed by atoms with van der Waals surface area (Å²) in [5.74, 6) is 0. The van der Waals surface area contributed by atoms with Crippen molar-refractivity contribution in [3.05, 3.63) is 27.7 Å². The lowest BCUT2D eigenvalue weighted by molar-refractivity contribution is 0.363. The van der Waals surface area contributed by atoms with Crippen molar-refractivity contribution in [3.8, 4) is 0 Å². The van der Waals surface area contributed by atoms with Gasteiger partial charge in [-0.25, -0.2) is 13.1 Å². The van der Waals surface area contributed by atoms with E-state index in [1.54, 1.807) is 18.2 Å². The average molecular weight is 406 g/mol. The number of benzene rings is 1. The Balaban J connectivity index is 0.00000361. The van der Waals surface area contributed by atoms with E-state index in [1.807, 2.05) is 13.8 Å². The zero-order chi connectivity index (χ0) is 14.7. The highest BCUT2D eigenvalue weighted by Crippen LogP contribution is 2.30. The highest BCUT2D eigenvalue weighted by Gasteiger charge is 2.32. The molecular weight excluding hydrogens is 387 g/mol. The van der Waals surface area contributed by atoms with Gasteiger partial charge in [0.05, 0.1) is 5.02 Å². The van der Waals surface area contributed by atoms with E-state index in [2.05, 4.69) is 20.7 Å². The van der Waals surface area contributed by atoms with E-state index >= 15 is 0 Å². The number of nitrogens with two attached hydrogens (primary N) is 1. The van der Waals surface area contributed by atoms with Gasteiger partial charge in [-0.05, 0) is 40.9 Å². The SMILES string of the molecule is CCC(CC)(CN)NS(=O)(=O)c1c(Cl)cccc1Br.Cl. The van der Waals surface area contributed by atoms with Crippen molar-refractivity contribution in [2.45, 2.75) is 37.1 Å². The second kappa shape index (κ2) is 7.96. The lowest BCUT2D eigenvalue weighted by Crippen LogP contribution is -2.52. The molecule has 0 unspecified atom stereocenters. The number of rotatable bonds is 6. The molecule has 3 N–H and O–H groups in total. The van der Waals surface area contributed by atoms with Gasteiger partial charge in [-0.1, -0.05) is 31.5 Å². The molecule has 0 fully saturated rings. The molecule has 0 saturated heterocycles. The maximum atomic E-state index is 12.5. The Morgan fingerprint density at radius 3 is 2.30 bits per heavy atom. The quantitative estimate of drug-likeness (QED) is 0.762. The monoisotopic (exact) mass is 404 g/mol. The number of hydrogen-bond acceptors (Lipinski definition) is 3. The van der Waals surface area contributed by atoms with Crippen LogP contribution in [-0.4, -0.2) is 20.5 Å². The molecular formula is C12H19BrCl2N2O2S. The number of hydrogen-bond donors (Lipinski definition) is 2. The third kappa shape index (κ3) is 4.32. The van der Waals surface area contributed by atoms with Crippen LogP contribution in [0.5, 0.6) is 0 Å². The van der Waals surface area contributed by atoms with Gasteiger partial charge in [-0.15, -0.1) is 12.4 Å². The number of sulfonamides is 1.